The molecule has 1 heterocycles. The van der Waals surface area contributed by atoms with Crippen molar-refractivity contribution in [2.75, 3.05) is 44.1 Å². The molecule has 1 atom stereocenters. The molecule has 1 aliphatic rings. The van der Waals surface area contributed by atoms with E-state index in [0.717, 1.165) is 5.75 Å². The van der Waals surface area contributed by atoms with E-state index in [1.807, 2.05) is 0 Å². The van der Waals surface area contributed by atoms with Gasteiger partial charge in [0.05, 0.1) is 6.61 Å². The van der Waals surface area contributed by atoms with Crippen molar-refractivity contribution >= 4 is 21.0 Å². The molecule has 1 N–H and O–H groups in total. The van der Waals surface area contributed by atoms with Gasteiger partial charge in [-0.1, -0.05) is 0 Å². The summed E-state index contributed by atoms with van der Waals surface area (Å²) in [4.78, 5) is 23.8. The van der Waals surface area contributed by atoms with E-state index in [0.29, 0.717) is 19.4 Å². The fraction of sp³-hybridized carbons (Fsp3) is 0.833. The van der Waals surface area contributed by atoms with Gasteiger partial charge in [-0.2, -0.15) is 0 Å². The summed E-state index contributed by atoms with van der Waals surface area (Å²) < 4.78 is 5.48. The van der Waals surface area contributed by atoms with Gasteiger partial charge in [0.15, 0.2) is 0 Å². The number of carboxylic acid groups (broad SMARTS) is 1. The molecule has 1 saturated heterocycles. The van der Waals surface area contributed by atoms with Crippen molar-refractivity contribution in [3.8, 4) is 0 Å². The van der Waals surface area contributed by atoms with Crippen LogP contribution in [-0.2, 0) is 14.3 Å². The Morgan fingerprint density at radius 3 is 2.56 bits per heavy atom. The van der Waals surface area contributed by atoms with E-state index in [4.69, 9.17) is 9.84 Å². The summed E-state index contributed by atoms with van der Waals surface area (Å²) >= 11 is 0. The summed E-state index contributed by atoms with van der Waals surface area (Å²) in [6.45, 7) is 0.677. The minimum Gasteiger partial charge on any atom is -0.480 e. The van der Waals surface area contributed by atoms with Crippen molar-refractivity contribution < 1.29 is 19.4 Å². The molecule has 5 nitrogen and oxygen atoms in total. The van der Waals surface area contributed by atoms with E-state index >= 15 is 0 Å². The topological polar surface area (TPSA) is 66.8 Å². The lowest BCUT2D eigenvalue weighted by Crippen LogP contribution is -2.40. The van der Waals surface area contributed by atoms with Crippen LogP contribution in [0.15, 0.2) is 0 Å². The fourth-order valence-electron chi connectivity index (χ4n) is 1.74. The monoisotopic (exact) mass is 279 g/mol. The van der Waals surface area contributed by atoms with Crippen LogP contribution in [0.3, 0.4) is 0 Å². The number of likely N-dealkylation sites (tertiary alicyclic amines) is 1. The highest BCUT2D eigenvalue weighted by atomic mass is 32.3. The van der Waals surface area contributed by atoms with Crippen molar-refractivity contribution in [2.24, 2.45) is 0 Å². The molecule has 0 spiro atoms. The number of thiol groups is 1. The summed E-state index contributed by atoms with van der Waals surface area (Å²) in [5, 5.41) is 8.99. The molecule has 6 heteroatoms. The molecule has 0 bridgehead atoms. The zero-order chi connectivity index (χ0) is 14.0. The molecule has 0 aliphatic carbocycles. The molecule has 1 rings (SSSR count). The van der Waals surface area contributed by atoms with E-state index < -0.39 is 21.2 Å². The second-order valence-electron chi connectivity index (χ2n) is 6.97. The Kier molecular flexibility index (Phi) is 4.33. The minimum atomic E-state index is -1.59. The number of rotatable bonds is 6. The number of amides is 1. The molecular formula is C12H25NO4S. The van der Waals surface area contributed by atoms with Crippen molar-refractivity contribution in [3.63, 3.8) is 0 Å². The predicted octanol–water partition coefficient (Wildman–Crippen LogP) is 0.628. The highest BCUT2D eigenvalue weighted by Gasteiger charge is 2.35. The number of hydrogen-bond donors (Lipinski definition) is 2. The van der Waals surface area contributed by atoms with Crippen LogP contribution in [0, 0.1) is 0 Å². The SMILES string of the molecule is C[SH](C)(C)(C)CCOCN1C(=O)CCC1C(=O)O. The van der Waals surface area contributed by atoms with Crippen LogP contribution in [-0.4, -0.2) is 72.0 Å². The maximum Gasteiger partial charge on any atom is 0.326 e. The van der Waals surface area contributed by atoms with Crippen molar-refractivity contribution in [2.45, 2.75) is 18.9 Å². The minimum absolute atomic E-state index is 0.0995. The van der Waals surface area contributed by atoms with Gasteiger partial charge in [-0.3, -0.25) is 14.0 Å². The smallest absolute Gasteiger partial charge is 0.326 e. The third kappa shape index (κ3) is 4.86. The third-order valence-electron chi connectivity index (χ3n) is 2.97. The van der Waals surface area contributed by atoms with Crippen LogP contribution in [0.1, 0.15) is 12.8 Å². The number of nitrogens with zero attached hydrogens (tertiary/aromatic N) is 1. The van der Waals surface area contributed by atoms with E-state index in [2.05, 4.69) is 25.0 Å². The van der Waals surface area contributed by atoms with E-state index in [9.17, 15) is 9.59 Å². The zero-order valence-electron chi connectivity index (χ0n) is 11.7. The van der Waals surface area contributed by atoms with Gasteiger partial charge in [0.1, 0.15) is 12.8 Å². The largest absolute Gasteiger partial charge is 0.480 e. The number of carboxylic acids is 1. The van der Waals surface area contributed by atoms with Crippen LogP contribution in [0.2, 0.25) is 0 Å². The molecular weight excluding hydrogens is 254 g/mol. The summed E-state index contributed by atoms with van der Waals surface area (Å²) in [5.41, 5.74) is 0. The molecule has 0 aromatic rings. The van der Waals surface area contributed by atoms with Gasteiger partial charge in [0, 0.05) is 6.42 Å². The van der Waals surface area contributed by atoms with Crippen LogP contribution in [0.5, 0.6) is 0 Å². The Hall–Kier alpha value is -0.750. The van der Waals surface area contributed by atoms with Gasteiger partial charge in [0.2, 0.25) is 5.91 Å². The number of carbonyl (C=O) groups is 2. The summed E-state index contributed by atoms with van der Waals surface area (Å²) in [5.74, 6) is -0.0901. The van der Waals surface area contributed by atoms with Crippen LogP contribution >= 0.6 is 9.16 Å². The zero-order valence-corrected chi connectivity index (χ0v) is 12.6. The van der Waals surface area contributed by atoms with E-state index in [1.54, 1.807) is 0 Å². The molecule has 1 fully saturated rings. The Morgan fingerprint density at radius 1 is 1.44 bits per heavy atom. The quantitative estimate of drug-likeness (QED) is 0.553. The molecule has 0 aromatic heterocycles. The number of ether oxygens (including phenoxy) is 1. The Balaban J connectivity index is 2.39. The van der Waals surface area contributed by atoms with Gasteiger partial charge in [-0.15, -0.1) is 0 Å². The van der Waals surface area contributed by atoms with Crippen molar-refractivity contribution in [1.82, 2.24) is 4.90 Å². The summed E-state index contributed by atoms with van der Waals surface area (Å²) in [6, 6.07) is -0.709. The average molecular weight is 279 g/mol. The molecule has 18 heavy (non-hydrogen) atoms. The fourth-order valence-corrected chi connectivity index (χ4v) is 2.60. The first-order chi connectivity index (χ1) is 8.06. The molecule has 1 aliphatic heterocycles. The first-order valence-electron chi connectivity index (χ1n) is 6.16. The van der Waals surface area contributed by atoms with E-state index in [-0.39, 0.29) is 12.6 Å². The predicted molar refractivity (Wildman–Crippen MR) is 75.9 cm³/mol. The number of aliphatic carboxylic acids is 1. The van der Waals surface area contributed by atoms with Gasteiger partial charge in [-0.25, -0.2) is 4.79 Å². The normalized spacial score (nSPS) is 22.9. The second-order valence-corrected chi connectivity index (χ2v) is 15.3. The standard InChI is InChI=1S/C12H25NO4S/c1-18(2,3,4)8-7-17-9-13-10(12(15)16)5-6-11(13)14/h10,18H,5-9H2,1-4H3,(H,15,16). The first-order valence-corrected chi connectivity index (χ1v) is 10.4. The maximum absolute atomic E-state index is 11.5. The molecule has 108 valence electrons. The third-order valence-corrected chi connectivity index (χ3v) is 4.95. The van der Waals surface area contributed by atoms with Crippen LogP contribution < -0.4 is 0 Å². The lowest BCUT2D eigenvalue weighted by molar-refractivity contribution is -0.150. The molecule has 0 aromatic carbocycles. The Bertz CT molecular complexity index is 338. The molecule has 0 radical (unpaired) electrons. The van der Waals surface area contributed by atoms with Gasteiger partial charge in [0.25, 0.3) is 0 Å². The van der Waals surface area contributed by atoms with Crippen LogP contribution in [0.25, 0.3) is 0 Å². The Labute approximate surface area is 109 Å². The molecule has 1 unspecified atom stereocenters. The maximum atomic E-state index is 11.5. The molecule has 0 saturated carbocycles. The Morgan fingerprint density at radius 2 is 2.06 bits per heavy atom. The second kappa shape index (κ2) is 5.09. The average Bonchev–Trinajstić information content (AvgIpc) is 2.52. The van der Waals surface area contributed by atoms with Crippen LogP contribution in [0.4, 0.5) is 0 Å². The summed E-state index contributed by atoms with van der Waals surface area (Å²) in [6.07, 6.45) is 9.74. The first kappa shape index (κ1) is 15.3. The van der Waals surface area contributed by atoms with E-state index in [1.165, 1.54) is 4.90 Å². The van der Waals surface area contributed by atoms with Crippen molar-refractivity contribution in [3.05, 3.63) is 0 Å². The number of carbonyl (C=O) groups excluding carboxylic acids is 1. The lowest BCUT2D eigenvalue weighted by atomic mass is 10.2. The van der Waals surface area contributed by atoms with Gasteiger partial charge >= 0.3 is 5.97 Å². The molecule has 1 amide bonds. The summed E-state index contributed by atoms with van der Waals surface area (Å²) in [7, 11) is -1.59. The van der Waals surface area contributed by atoms with Gasteiger partial charge < -0.3 is 14.7 Å². The highest BCUT2D eigenvalue weighted by molar-refractivity contribution is 8.47. The van der Waals surface area contributed by atoms with Crippen molar-refractivity contribution in [1.29, 1.82) is 0 Å². The highest BCUT2D eigenvalue weighted by Crippen LogP contribution is 2.54. The van der Waals surface area contributed by atoms with Gasteiger partial charge in [-0.05, 0) is 37.2 Å². The lowest BCUT2D eigenvalue weighted by Gasteiger charge is -2.46. The number of hydrogen-bond acceptors (Lipinski definition) is 3.